The molecule has 0 aliphatic rings. The molecular weight excluding hydrogens is 118 g/mol. The van der Waals surface area contributed by atoms with Crippen molar-refractivity contribution in [3.8, 4) is 0 Å². The van der Waals surface area contributed by atoms with Crippen LogP contribution in [-0.2, 0) is 9.59 Å². The number of ketones is 1. The summed E-state index contributed by atoms with van der Waals surface area (Å²) >= 11 is 0. The summed E-state index contributed by atoms with van der Waals surface area (Å²) in [4.78, 5) is 18.7. The van der Waals surface area contributed by atoms with Gasteiger partial charge in [0.15, 0.2) is 5.78 Å². The zero-order chi connectivity index (χ0) is 7.70. The number of aldehydes is 1. The lowest BCUT2D eigenvalue weighted by Gasteiger charge is -1.68. The molecule has 0 aromatic rings. The molecular formula is C6H11NO2. The van der Waals surface area contributed by atoms with Crippen LogP contribution < -0.4 is 5.73 Å². The van der Waals surface area contributed by atoms with Crippen molar-refractivity contribution in [2.45, 2.75) is 13.8 Å². The number of carbonyl (C=O) groups excluding carboxylic acids is 2. The lowest BCUT2D eigenvalue weighted by molar-refractivity contribution is -0.112. The molecule has 0 aromatic heterocycles. The molecule has 0 spiro atoms. The van der Waals surface area contributed by atoms with E-state index in [1.807, 2.05) is 0 Å². The maximum Gasteiger partial charge on any atom is 0.154 e. The summed E-state index contributed by atoms with van der Waals surface area (Å²) in [5.41, 5.74) is 4.83. The van der Waals surface area contributed by atoms with Crippen molar-refractivity contribution in [3.05, 3.63) is 12.3 Å². The summed E-state index contributed by atoms with van der Waals surface area (Å²) in [5, 5.41) is 0. The Hall–Kier alpha value is -1.12. The Morgan fingerprint density at radius 1 is 1.56 bits per heavy atom. The Kier molecular flexibility index (Phi) is 12.0. The van der Waals surface area contributed by atoms with Crippen molar-refractivity contribution >= 4 is 12.1 Å². The zero-order valence-electron chi connectivity index (χ0n) is 5.63. The molecule has 0 atom stereocenters. The second kappa shape index (κ2) is 9.99. The van der Waals surface area contributed by atoms with E-state index >= 15 is 0 Å². The van der Waals surface area contributed by atoms with E-state index in [9.17, 15) is 4.79 Å². The van der Waals surface area contributed by atoms with Gasteiger partial charge < -0.3 is 10.5 Å². The van der Waals surface area contributed by atoms with Crippen molar-refractivity contribution in [1.29, 1.82) is 0 Å². The highest BCUT2D eigenvalue weighted by atomic mass is 16.1. The van der Waals surface area contributed by atoms with E-state index in [1.54, 1.807) is 0 Å². The highest BCUT2D eigenvalue weighted by molar-refractivity contribution is 5.86. The molecule has 0 aromatic carbocycles. The molecule has 3 heteroatoms. The molecule has 0 saturated carbocycles. The fraction of sp³-hybridized carbons (Fsp3) is 0.333. The number of carbonyl (C=O) groups is 2. The lowest BCUT2D eigenvalue weighted by Crippen LogP contribution is -1.83. The molecule has 0 heterocycles. The molecule has 3 nitrogen and oxygen atoms in total. The van der Waals surface area contributed by atoms with Crippen LogP contribution in [0.3, 0.4) is 0 Å². The van der Waals surface area contributed by atoms with Crippen molar-refractivity contribution in [2.24, 2.45) is 5.73 Å². The molecule has 0 unspecified atom stereocenters. The topological polar surface area (TPSA) is 60.2 Å². The van der Waals surface area contributed by atoms with Crippen LogP contribution in [0.5, 0.6) is 0 Å². The van der Waals surface area contributed by atoms with Gasteiger partial charge in [-0.1, -0.05) is 0 Å². The molecule has 0 aliphatic carbocycles. The molecule has 52 valence electrons. The minimum Gasteiger partial charge on any atom is -0.404 e. The van der Waals surface area contributed by atoms with Gasteiger partial charge in [-0.05, 0) is 26.1 Å². The Balaban J connectivity index is 0. The van der Waals surface area contributed by atoms with E-state index in [4.69, 9.17) is 10.5 Å². The van der Waals surface area contributed by atoms with Gasteiger partial charge in [0.05, 0.1) is 0 Å². The fourth-order valence-corrected chi connectivity index (χ4v) is 0.136. The SMILES string of the molecule is CC(=O)/C=C\N.CC=O. The van der Waals surface area contributed by atoms with Gasteiger partial charge in [0, 0.05) is 0 Å². The third kappa shape index (κ3) is 46.4. The van der Waals surface area contributed by atoms with Crippen molar-refractivity contribution in [2.75, 3.05) is 0 Å². The summed E-state index contributed by atoms with van der Waals surface area (Å²) in [6, 6.07) is 0. The van der Waals surface area contributed by atoms with E-state index in [0.717, 1.165) is 6.29 Å². The number of allylic oxidation sites excluding steroid dienone is 1. The van der Waals surface area contributed by atoms with Gasteiger partial charge in [-0.2, -0.15) is 0 Å². The molecule has 0 amide bonds. The normalized spacial score (nSPS) is 7.78. The number of rotatable bonds is 1. The minimum absolute atomic E-state index is 0.0162. The third-order valence-corrected chi connectivity index (χ3v) is 0.331. The van der Waals surface area contributed by atoms with Gasteiger partial charge in [0.1, 0.15) is 6.29 Å². The summed E-state index contributed by atoms with van der Waals surface area (Å²) in [6.07, 6.45) is 3.28. The van der Waals surface area contributed by atoms with Crippen LogP contribution in [0.1, 0.15) is 13.8 Å². The largest absolute Gasteiger partial charge is 0.404 e. The van der Waals surface area contributed by atoms with E-state index in [2.05, 4.69) is 0 Å². The summed E-state index contributed by atoms with van der Waals surface area (Å²) in [7, 11) is 0. The molecule has 2 N–H and O–H groups in total. The first-order valence-electron chi connectivity index (χ1n) is 2.47. The summed E-state index contributed by atoms with van der Waals surface area (Å²) in [6.45, 7) is 2.89. The van der Waals surface area contributed by atoms with E-state index in [1.165, 1.54) is 26.1 Å². The van der Waals surface area contributed by atoms with Crippen LogP contribution in [0.4, 0.5) is 0 Å². The van der Waals surface area contributed by atoms with Gasteiger partial charge in [-0.25, -0.2) is 0 Å². The van der Waals surface area contributed by atoms with Crippen molar-refractivity contribution < 1.29 is 9.59 Å². The maximum absolute atomic E-state index is 9.88. The van der Waals surface area contributed by atoms with Crippen LogP contribution in [0.15, 0.2) is 12.3 Å². The third-order valence-electron chi connectivity index (χ3n) is 0.331. The van der Waals surface area contributed by atoms with E-state index < -0.39 is 0 Å². The smallest absolute Gasteiger partial charge is 0.154 e. The summed E-state index contributed by atoms with van der Waals surface area (Å²) in [5.74, 6) is -0.0162. The molecule has 0 rings (SSSR count). The van der Waals surface area contributed by atoms with Gasteiger partial charge in [0.2, 0.25) is 0 Å². The van der Waals surface area contributed by atoms with Crippen molar-refractivity contribution in [3.63, 3.8) is 0 Å². The first-order chi connectivity index (χ1) is 4.18. The fourth-order valence-electron chi connectivity index (χ4n) is 0.136. The van der Waals surface area contributed by atoms with Crippen LogP contribution in [0, 0.1) is 0 Å². The first kappa shape index (κ1) is 10.8. The second-order valence-corrected chi connectivity index (χ2v) is 1.21. The molecule has 0 saturated heterocycles. The van der Waals surface area contributed by atoms with Gasteiger partial charge in [0.25, 0.3) is 0 Å². The standard InChI is InChI=1S/C4H7NO.C2H4O/c1-4(6)2-3-5;1-2-3/h2-3H,5H2,1H3;2H,1H3/b3-2-;. The summed E-state index contributed by atoms with van der Waals surface area (Å²) < 4.78 is 0. The number of nitrogens with two attached hydrogens (primary N) is 1. The van der Waals surface area contributed by atoms with E-state index in [0.29, 0.717) is 0 Å². The Bertz CT molecular complexity index is 108. The Morgan fingerprint density at radius 2 is 1.89 bits per heavy atom. The van der Waals surface area contributed by atoms with Crippen LogP contribution in [0.25, 0.3) is 0 Å². The Morgan fingerprint density at radius 3 is 1.89 bits per heavy atom. The van der Waals surface area contributed by atoms with Crippen LogP contribution in [0.2, 0.25) is 0 Å². The van der Waals surface area contributed by atoms with Gasteiger partial charge in [-0.3, -0.25) is 4.79 Å². The highest BCUT2D eigenvalue weighted by Crippen LogP contribution is 1.64. The average Bonchev–Trinajstić information content (AvgIpc) is 1.67. The molecule has 0 fully saturated rings. The highest BCUT2D eigenvalue weighted by Gasteiger charge is 1.73. The van der Waals surface area contributed by atoms with E-state index in [-0.39, 0.29) is 5.78 Å². The van der Waals surface area contributed by atoms with Crippen molar-refractivity contribution in [1.82, 2.24) is 0 Å². The maximum atomic E-state index is 9.88. The number of hydrogen-bond acceptors (Lipinski definition) is 3. The Labute approximate surface area is 54.5 Å². The number of hydrogen-bond donors (Lipinski definition) is 1. The van der Waals surface area contributed by atoms with Crippen LogP contribution in [-0.4, -0.2) is 12.1 Å². The molecule has 0 bridgehead atoms. The zero-order valence-corrected chi connectivity index (χ0v) is 5.63. The predicted octanol–water partition coefficient (Wildman–Crippen LogP) is 0.253. The second-order valence-electron chi connectivity index (χ2n) is 1.21. The predicted molar refractivity (Wildman–Crippen MR) is 35.7 cm³/mol. The molecule has 9 heavy (non-hydrogen) atoms. The van der Waals surface area contributed by atoms with Gasteiger partial charge in [-0.15, -0.1) is 0 Å². The minimum atomic E-state index is -0.0162. The first-order valence-corrected chi connectivity index (χ1v) is 2.47. The van der Waals surface area contributed by atoms with Gasteiger partial charge >= 0.3 is 0 Å². The lowest BCUT2D eigenvalue weighted by atomic mass is 10.4. The van der Waals surface area contributed by atoms with Crippen LogP contribution >= 0.6 is 0 Å². The quantitative estimate of drug-likeness (QED) is 0.408. The monoisotopic (exact) mass is 129 g/mol. The average molecular weight is 129 g/mol. The molecule has 0 aliphatic heterocycles. The molecule has 0 radical (unpaired) electrons.